The zero-order valence-electron chi connectivity index (χ0n) is 9.85. The van der Waals surface area contributed by atoms with Gasteiger partial charge in [-0.15, -0.1) is 0 Å². The third kappa shape index (κ3) is 2.60. The number of hydrogen-bond donors (Lipinski definition) is 1. The van der Waals surface area contributed by atoms with Crippen molar-refractivity contribution in [2.75, 3.05) is 7.11 Å². The number of aryl methyl sites for hydroxylation is 1. The van der Waals surface area contributed by atoms with Crippen molar-refractivity contribution in [2.24, 2.45) is 5.10 Å². The average molecular weight is 283 g/mol. The van der Waals surface area contributed by atoms with Crippen LogP contribution in [0, 0.1) is 11.7 Å². The first-order valence-electron chi connectivity index (χ1n) is 5.13. The maximum absolute atomic E-state index is 5.93. The van der Waals surface area contributed by atoms with Crippen LogP contribution in [0.2, 0.25) is 5.02 Å². The number of methoxy groups -OCH3 is 1. The molecular formula is C11H11ClN4OS. The molecule has 0 saturated heterocycles. The lowest BCUT2D eigenvalue weighted by molar-refractivity contribution is 0.414. The van der Waals surface area contributed by atoms with Crippen molar-refractivity contribution in [2.45, 2.75) is 6.92 Å². The molecule has 0 bridgehead atoms. The third-order valence-corrected chi connectivity index (χ3v) is 2.82. The number of rotatable bonds is 3. The molecule has 7 heteroatoms. The molecular weight excluding hydrogens is 272 g/mol. The Balaban J connectivity index is 2.40. The summed E-state index contributed by atoms with van der Waals surface area (Å²) in [6.45, 7) is 1.80. The Morgan fingerprint density at radius 1 is 1.56 bits per heavy atom. The zero-order valence-corrected chi connectivity index (χ0v) is 11.4. The van der Waals surface area contributed by atoms with E-state index in [1.807, 2.05) is 0 Å². The SMILES string of the molecule is COc1ccc(Cl)cc1/C=N\n1c(C)n[nH]c1=S. The summed E-state index contributed by atoms with van der Waals surface area (Å²) in [4.78, 5) is 0. The van der Waals surface area contributed by atoms with Crippen molar-refractivity contribution >= 4 is 30.0 Å². The predicted molar refractivity (Wildman–Crippen MR) is 73.1 cm³/mol. The highest BCUT2D eigenvalue weighted by Crippen LogP contribution is 2.20. The Bertz CT molecular complexity index is 647. The molecule has 0 spiro atoms. The zero-order chi connectivity index (χ0) is 13.1. The summed E-state index contributed by atoms with van der Waals surface area (Å²) in [5.41, 5.74) is 0.771. The molecule has 0 radical (unpaired) electrons. The summed E-state index contributed by atoms with van der Waals surface area (Å²) in [7, 11) is 1.59. The topological polar surface area (TPSA) is 55.2 Å². The fourth-order valence-electron chi connectivity index (χ4n) is 1.43. The van der Waals surface area contributed by atoms with E-state index in [-0.39, 0.29) is 0 Å². The summed E-state index contributed by atoms with van der Waals surface area (Å²) < 4.78 is 7.18. The number of aromatic amines is 1. The number of ether oxygens (including phenoxy) is 1. The standard InChI is InChI=1S/C11H11ClN4OS/c1-7-14-15-11(18)16(7)13-6-8-5-9(12)3-4-10(8)17-2/h3-6H,1-2H3,(H,15,18)/b13-6-. The highest BCUT2D eigenvalue weighted by molar-refractivity contribution is 7.71. The summed E-state index contributed by atoms with van der Waals surface area (Å²) in [5.74, 6) is 1.37. The van der Waals surface area contributed by atoms with Crippen LogP contribution in [-0.2, 0) is 0 Å². The van der Waals surface area contributed by atoms with Crippen LogP contribution in [0.4, 0.5) is 0 Å². The van der Waals surface area contributed by atoms with Crippen molar-refractivity contribution in [3.05, 3.63) is 39.4 Å². The molecule has 2 aromatic rings. The third-order valence-electron chi connectivity index (χ3n) is 2.32. The summed E-state index contributed by atoms with van der Waals surface area (Å²) >= 11 is 11.0. The molecule has 0 aliphatic rings. The van der Waals surface area contributed by atoms with Crippen molar-refractivity contribution in [1.82, 2.24) is 14.9 Å². The number of benzene rings is 1. The number of H-pyrrole nitrogens is 1. The Morgan fingerprint density at radius 2 is 2.33 bits per heavy atom. The minimum atomic E-state index is 0.435. The largest absolute Gasteiger partial charge is 0.496 e. The molecule has 0 atom stereocenters. The van der Waals surface area contributed by atoms with Gasteiger partial charge in [0.15, 0.2) is 0 Å². The van der Waals surface area contributed by atoms with E-state index in [1.54, 1.807) is 38.4 Å². The molecule has 1 aromatic carbocycles. The molecule has 18 heavy (non-hydrogen) atoms. The highest BCUT2D eigenvalue weighted by atomic mass is 35.5. The molecule has 1 aromatic heterocycles. The minimum Gasteiger partial charge on any atom is -0.496 e. The molecule has 1 N–H and O–H groups in total. The van der Waals surface area contributed by atoms with Crippen LogP contribution >= 0.6 is 23.8 Å². The lowest BCUT2D eigenvalue weighted by Crippen LogP contribution is -1.96. The van der Waals surface area contributed by atoms with Gasteiger partial charge < -0.3 is 4.74 Å². The normalized spacial score (nSPS) is 11.1. The number of nitrogens with one attached hydrogen (secondary N) is 1. The van der Waals surface area contributed by atoms with Crippen molar-refractivity contribution in [1.29, 1.82) is 0 Å². The molecule has 0 saturated carbocycles. The van der Waals surface area contributed by atoms with Crippen LogP contribution in [0.5, 0.6) is 5.75 Å². The lowest BCUT2D eigenvalue weighted by atomic mass is 10.2. The van der Waals surface area contributed by atoms with Crippen molar-refractivity contribution < 1.29 is 4.74 Å². The summed E-state index contributed by atoms with van der Waals surface area (Å²) in [6.07, 6.45) is 1.63. The summed E-state index contributed by atoms with van der Waals surface area (Å²) in [6, 6.07) is 5.31. The van der Waals surface area contributed by atoms with Crippen LogP contribution in [-0.4, -0.2) is 28.2 Å². The highest BCUT2D eigenvalue weighted by Gasteiger charge is 2.02. The van der Waals surface area contributed by atoms with Gasteiger partial charge in [0.25, 0.3) is 0 Å². The smallest absolute Gasteiger partial charge is 0.216 e. The van der Waals surface area contributed by atoms with Gasteiger partial charge in [-0.1, -0.05) is 11.6 Å². The molecule has 5 nitrogen and oxygen atoms in total. The molecule has 0 unspecified atom stereocenters. The van der Waals surface area contributed by atoms with Crippen LogP contribution in [0.25, 0.3) is 0 Å². The van der Waals surface area contributed by atoms with Crippen LogP contribution < -0.4 is 4.74 Å². The molecule has 0 amide bonds. The molecule has 94 valence electrons. The first kappa shape index (κ1) is 12.8. The predicted octanol–water partition coefficient (Wildman–Crippen LogP) is 2.79. The van der Waals surface area contributed by atoms with Gasteiger partial charge in [0, 0.05) is 10.6 Å². The Kier molecular flexibility index (Phi) is 3.78. The second-order valence-electron chi connectivity index (χ2n) is 3.52. The lowest BCUT2D eigenvalue weighted by Gasteiger charge is -2.04. The number of hydrogen-bond acceptors (Lipinski definition) is 4. The average Bonchev–Trinajstić information content (AvgIpc) is 2.67. The molecule has 0 aliphatic heterocycles. The van der Waals surface area contributed by atoms with E-state index < -0.39 is 0 Å². The second-order valence-corrected chi connectivity index (χ2v) is 4.34. The van der Waals surface area contributed by atoms with Crippen LogP contribution in [0.1, 0.15) is 11.4 Å². The van der Waals surface area contributed by atoms with Gasteiger partial charge in [-0.2, -0.15) is 14.9 Å². The first-order chi connectivity index (χ1) is 8.61. The van der Waals surface area contributed by atoms with E-state index in [9.17, 15) is 0 Å². The second kappa shape index (κ2) is 5.32. The van der Waals surface area contributed by atoms with Gasteiger partial charge in [0.2, 0.25) is 4.77 Å². The maximum atomic E-state index is 5.93. The fourth-order valence-corrected chi connectivity index (χ4v) is 1.84. The monoisotopic (exact) mass is 282 g/mol. The first-order valence-corrected chi connectivity index (χ1v) is 5.92. The van der Waals surface area contributed by atoms with Crippen molar-refractivity contribution in [3.63, 3.8) is 0 Å². The number of aromatic nitrogens is 3. The van der Waals surface area contributed by atoms with E-state index in [0.29, 0.717) is 21.4 Å². The molecule has 0 fully saturated rings. The van der Waals surface area contributed by atoms with Crippen LogP contribution in [0.3, 0.4) is 0 Å². The Morgan fingerprint density at radius 3 is 2.94 bits per heavy atom. The maximum Gasteiger partial charge on any atom is 0.216 e. The molecule has 1 heterocycles. The van der Waals surface area contributed by atoms with Gasteiger partial charge in [0.05, 0.1) is 13.3 Å². The van der Waals surface area contributed by atoms with E-state index in [0.717, 1.165) is 5.56 Å². The quantitative estimate of drug-likeness (QED) is 0.696. The van der Waals surface area contributed by atoms with E-state index >= 15 is 0 Å². The fraction of sp³-hybridized carbons (Fsp3) is 0.182. The van der Waals surface area contributed by atoms with Crippen LogP contribution in [0.15, 0.2) is 23.3 Å². The van der Waals surface area contributed by atoms with Gasteiger partial charge in [-0.25, -0.2) is 0 Å². The van der Waals surface area contributed by atoms with E-state index in [1.165, 1.54) is 4.68 Å². The molecule has 2 rings (SSSR count). The van der Waals surface area contributed by atoms with E-state index in [4.69, 9.17) is 28.6 Å². The summed E-state index contributed by atoms with van der Waals surface area (Å²) in [5, 5.41) is 11.5. The van der Waals surface area contributed by atoms with Gasteiger partial charge in [-0.3, -0.25) is 5.10 Å². The Labute approximate surface area is 114 Å². The van der Waals surface area contributed by atoms with E-state index in [2.05, 4.69) is 15.3 Å². The Hall–Kier alpha value is -1.66. The molecule has 0 aliphatic carbocycles. The number of halogens is 1. The van der Waals surface area contributed by atoms with Gasteiger partial charge in [-0.05, 0) is 37.3 Å². The number of nitrogens with zero attached hydrogens (tertiary/aromatic N) is 3. The van der Waals surface area contributed by atoms with Crippen molar-refractivity contribution in [3.8, 4) is 5.75 Å². The minimum absolute atomic E-state index is 0.435. The van der Waals surface area contributed by atoms with Gasteiger partial charge in [0.1, 0.15) is 11.6 Å². The van der Waals surface area contributed by atoms with Gasteiger partial charge >= 0.3 is 0 Å².